The summed E-state index contributed by atoms with van der Waals surface area (Å²) in [5.74, 6) is -0.349. The fraction of sp³-hybridized carbons (Fsp3) is 0.211. The maximum absolute atomic E-state index is 12.0. The smallest absolute Gasteiger partial charge is 0.331 e. The lowest BCUT2D eigenvalue weighted by Crippen LogP contribution is -2.30. The van der Waals surface area contributed by atoms with Gasteiger partial charge in [0.1, 0.15) is 11.8 Å². The number of hydrogen-bond acceptors (Lipinski definition) is 6. The number of likely N-dealkylation sites (N-methyl/N-ethyl adjacent to an activating group) is 1. The summed E-state index contributed by atoms with van der Waals surface area (Å²) in [6, 6.07) is 12.4. The van der Waals surface area contributed by atoms with E-state index in [4.69, 9.17) is 26.3 Å². The van der Waals surface area contributed by atoms with E-state index >= 15 is 0 Å². The van der Waals surface area contributed by atoms with Gasteiger partial charge in [0.15, 0.2) is 13.2 Å². The van der Waals surface area contributed by atoms with Crippen molar-refractivity contribution in [3.8, 4) is 11.8 Å². The molecule has 140 valence electrons. The van der Waals surface area contributed by atoms with Crippen LogP contribution in [0.15, 0.2) is 42.5 Å². The van der Waals surface area contributed by atoms with Crippen LogP contribution >= 0.6 is 22.9 Å². The van der Waals surface area contributed by atoms with Gasteiger partial charge in [-0.25, -0.2) is 4.79 Å². The molecule has 0 atom stereocenters. The number of carbonyl (C=O) groups excluding carboxylic acids is 2. The van der Waals surface area contributed by atoms with Gasteiger partial charge < -0.3 is 14.4 Å². The van der Waals surface area contributed by atoms with Crippen molar-refractivity contribution in [2.75, 3.05) is 20.3 Å². The van der Waals surface area contributed by atoms with E-state index in [1.807, 2.05) is 12.1 Å². The topological polar surface area (TPSA) is 79.6 Å². The Morgan fingerprint density at radius 2 is 2.00 bits per heavy atom. The number of hydrogen-bond donors (Lipinski definition) is 0. The van der Waals surface area contributed by atoms with E-state index in [1.54, 1.807) is 43.5 Å². The van der Waals surface area contributed by atoms with Crippen LogP contribution in [0.2, 0.25) is 4.34 Å². The summed E-state index contributed by atoms with van der Waals surface area (Å²) in [6.07, 6.45) is 2.82. The average molecular weight is 405 g/mol. The lowest BCUT2D eigenvalue weighted by Gasteiger charge is -2.15. The maximum atomic E-state index is 12.0. The van der Waals surface area contributed by atoms with Crippen LogP contribution in [0.4, 0.5) is 0 Å². The van der Waals surface area contributed by atoms with E-state index in [0.29, 0.717) is 16.6 Å². The second-order valence-corrected chi connectivity index (χ2v) is 7.21. The number of benzene rings is 1. The monoisotopic (exact) mass is 404 g/mol. The van der Waals surface area contributed by atoms with Crippen molar-refractivity contribution in [3.63, 3.8) is 0 Å². The van der Waals surface area contributed by atoms with Gasteiger partial charge in [0, 0.05) is 18.0 Å². The Morgan fingerprint density at radius 1 is 1.26 bits per heavy atom. The minimum absolute atomic E-state index is 0.0243. The third-order valence-electron chi connectivity index (χ3n) is 3.38. The fourth-order valence-electron chi connectivity index (χ4n) is 2.00. The number of rotatable bonds is 8. The molecule has 0 aliphatic rings. The van der Waals surface area contributed by atoms with Crippen LogP contribution in [-0.2, 0) is 20.9 Å². The predicted molar refractivity (Wildman–Crippen MR) is 103 cm³/mol. The molecule has 1 aromatic carbocycles. The molecule has 0 bridgehead atoms. The highest BCUT2D eigenvalue weighted by Gasteiger charge is 2.12. The molecular weight excluding hydrogens is 388 g/mol. The van der Waals surface area contributed by atoms with Gasteiger partial charge in [-0.2, -0.15) is 5.26 Å². The SMILES string of the molecule is CN(Cc1ccc(Cl)s1)C(=O)COC(=O)/C=C/c1ccc(OCC#N)cc1. The zero-order valence-electron chi connectivity index (χ0n) is 14.6. The first-order chi connectivity index (χ1) is 13.0. The van der Waals surface area contributed by atoms with Crippen LogP contribution in [-0.4, -0.2) is 37.0 Å². The quantitative estimate of drug-likeness (QED) is 0.496. The predicted octanol–water partition coefficient (Wildman–Crippen LogP) is 3.52. The van der Waals surface area contributed by atoms with Crippen molar-refractivity contribution < 1.29 is 19.1 Å². The number of ether oxygens (including phenoxy) is 2. The molecule has 0 radical (unpaired) electrons. The van der Waals surface area contributed by atoms with E-state index in [0.717, 1.165) is 10.4 Å². The lowest BCUT2D eigenvalue weighted by molar-refractivity contribution is -0.147. The minimum Gasteiger partial charge on any atom is -0.479 e. The summed E-state index contributed by atoms with van der Waals surface area (Å²) in [7, 11) is 1.63. The molecule has 0 unspecified atom stereocenters. The number of nitriles is 1. The molecule has 2 aromatic rings. The summed E-state index contributed by atoms with van der Waals surface area (Å²) < 4.78 is 10.8. The Hall–Kier alpha value is -2.82. The first-order valence-corrected chi connectivity index (χ1v) is 9.10. The van der Waals surface area contributed by atoms with Gasteiger partial charge in [-0.05, 0) is 35.9 Å². The molecule has 1 aromatic heterocycles. The van der Waals surface area contributed by atoms with Crippen LogP contribution in [0.3, 0.4) is 0 Å². The molecule has 0 saturated carbocycles. The molecule has 6 nitrogen and oxygen atoms in total. The van der Waals surface area contributed by atoms with Gasteiger partial charge in [0.25, 0.3) is 5.91 Å². The minimum atomic E-state index is -0.610. The van der Waals surface area contributed by atoms with Crippen LogP contribution in [0.5, 0.6) is 5.75 Å². The molecule has 2 rings (SSSR count). The second-order valence-electron chi connectivity index (χ2n) is 5.41. The number of thiophene rings is 1. The number of halogens is 1. The van der Waals surface area contributed by atoms with E-state index in [9.17, 15) is 9.59 Å². The Labute approximate surface area is 166 Å². The Morgan fingerprint density at radius 3 is 2.63 bits per heavy atom. The molecule has 1 heterocycles. The van der Waals surface area contributed by atoms with Gasteiger partial charge in [0.05, 0.1) is 10.9 Å². The third kappa shape index (κ3) is 7.13. The molecule has 0 aliphatic heterocycles. The Balaban J connectivity index is 1.76. The molecule has 0 N–H and O–H groups in total. The number of esters is 1. The van der Waals surface area contributed by atoms with Crippen molar-refractivity contribution >= 4 is 40.9 Å². The lowest BCUT2D eigenvalue weighted by atomic mass is 10.2. The van der Waals surface area contributed by atoms with Gasteiger partial charge >= 0.3 is 5.97 Å². The second kappa shape index (κ2) is 10.4. The van der Waals surface area contributed by atoms with E-state index in [1.165, 1.54) is 22.3 Å². The summed E-state index contributed by atoms with van der Waals surface area (Å²) in [5, 5.41) is 8.46. The van der Waals surface area contributed by atoms with Crippen molar-refractivity contribution in [2.45, 2.75) is 6.54 Å². The summed E-state index contributed by atoms with van der Waals surface area (Å²) in [4.78, 5) is 26.2. The molecule has 1 amide bonds. The standard InChI is InChI=1S/C19H17ClN2O4S/c1-22(12-16-7-8-17(20)27-16)18(23)13-26-19(24)9-4-14-2-5-15(6-3-14)25-11-10-21/h2-9H,11-13H2,1H3/b9-4+. The molecule has 0 fully saturated rings. The first-order valence-electron chi connectivity index (χ1n) is 7.91. The van der Waals surface area contributed by atoms with Crippen LogP contribution in [0.25, 0.3) is 6.08 Å². The molecule has 0 spiro atoms. The van der Waals surface area contributed by atoms with Crippen LogP contribution < -0.4 is 4.74 Å². The summed E-state index contributed by atoms with van der Waals surface area (Å²) in [5.41, 5.74) is 0.759. The van der Waals surface area contributed by atoms with Crippen molar-refractivity contribution in [3.05, 3.63) is 57.3 Å². The number of carbonyl (C=O) groups is 2. The highest BCUT2D eigenvalue weighted by Crippen LogP contribution is 2.22. The number of nitrogens with zero attached hydrogens (tertiary/aromatic N) is 2. The number of amides is 1. The van der Waals surface area contributed by atoms with Gasteiger partial charge in [-0.1, -0.05) is 23.7 Å². The van der Waals surface area contributed by atoms with Gasteiger partial charge in [0.2, 0.25) is 0 Å². The van der Waals surface area contributed by atoms with E-state index in [-0.39, 0.29) is 19.1 Å². The largest absolute Gasteiger partial charge is 0.479 e. The molecular formula is C19H17ClN2O4S. The van der Waals surface area contributed by atoms with E-state index in [2.05, 4.69) is 0 Å². The first kappa shape index (κ1) is 20.5. The fourth-order valence-corrected chi connectivity index (χ4v) is 3.15. The highest BCUT2D eigenvalue weighted by molar-refractivity contribution is 7.16. The van der Waals surface area contributed by atoms with Crippen molar-refractivity contribution in [1.29, 1.82) is 5.26 Å². The van der Waals surface area contributed by atoms with Crippen molar-refractivity contribution in [1.82, 2.24) is 4.90 Å². The van der Waals surface area contributed by atoms with Crippen molar-refractivity contribution in [2.24, 2.45) is 0 Å². The van der Waals surface area contributed by atoms with E-state index < -0.39 is 5.97 Å². The average Bonchev–Trinajstić information content (AvgIpc) is 3.08. The summed E-state index contributed by atoms with van der Waals surface area (Å²) >= 11 is 7.26. The third-order valence-corrected chi connectivity index (χ3v) is 4.60. The van der Waals surface area contributed by atoms with Crippen LogP contribution in [0.1, 0.15) is 10.4 Å². The highest BCUT2D eigenvalue weighted by atomic mass is 35.5. The summed E-state index contributed by atoms with van der Waals surface area (Å²) in [6.45, 7) is 0.0487. The van der Waals surface area contributed by atoms with Crippen LogP contribution in [0, 0.1) is 11.3 Å². The molecule has 0 saturated heterocycles. The normalized spacial score (nSPS) is 10.4. The Kier molecular flexibility index (Phi) is 7.86. The van der Waals surface area contributed by atoms with Gasteiger partial charge in [-0.15, -0.1) is 11.3 Å². The molecule has 8 heteroatoms. The van der Waals surface area contributed by atoms with Gasteiger partial charge in [-0.3, -0.25) is 4.79 Å². The zero-order chi connectivity index (χ0) is 19.6. The maximum Gasteiger partial charge on any atom is 0.331 e. The molecule has 27 heavy (non-hydrogen) atoms. The molecule has 0 aliphatic carbocycles. The Bertz CT molecular complexity index is 855. The zero-order valence-corrected chi connectivity index (χ0v) is 16.1.